The molecule has 0 bridgehead atoms. The minimum atomic E-state index is -1.29. The molecular formula is C28H38ClN4O3P. The first-order valence-electron chi connectivity index (χ1n) is 12.2. The number of amides is 1. The largest absolute Gasteiger partial charge is 0.511 e. The quantitative estimate of drug-likeness (QED) is 0.190. The van der Waals surface area contributed by atoms with Crippen LogP contribution in [-0.4, -0.2) is 45.7 Å². The number of aromatic nitrogens is 2. The first kappa shape index (κ1) is 30.3. The molecule has 0 saturated carbocycles. The molecule has 0 aliphatic carbocycles. The third-order valence-corrected chi connectivity index (χ3v) is 9.37. The molecule has 0 aromatic carbocycles. The summed E-state index contributed by atoms with van der Waals surface area (Å²) in [4.78, 5) is 22.8. The van der Waals surface area contributed by atoms with Crippen LogP contribution in [0.15, 0.2) is 77.8 Å². The molecule has 200 valence electrons. The summed E-state index contributed by atoms with van der Waals surface area (Å²) in [6.45, 7) is 13.6. The fraction of sp³-hybridized carbons (Fsp3) is 0.393. The fourth-order valence-electron chi connectivity index (χ4n) is 3.53. The van der Waals surface area contributed by atoms with Gasteiger partial charge in [0.25, 0.3) is 0 Å². The number of carbonyl (C=O) groups excluding carboxylic acids is 1. The van der Waals surface area contributed by atoms with E-state index in [1.165, 1.54) is 11.0 Å². The van der Waals surface area contributed by atoms with Gasteiger partial charge in [-0.1, -0.05) is 50.2 Å². The summed E-state index contributed by atoms with van der Waals surface area (Å²) in [5.41, 5.74) is 3.05. The molecule has 7 nitrogen and oxygen atoms in total. The van der Waals surface area contributed by atoms with Gasteiger partial charge in [-0.15, -0.1) is 0 Å². The third-order valence-electron chi connectivity index (χ3n) is 6.16. The molecule has 9 heteroatoms. The molecular weight excluding hydrogens is 507 g/mol. The van der Waals surface area contributed by atoms with E-state index in [0.717, 1.165) is 35.0 Å². The number of aliphatic hydroxyl groups is 1. The number of nitrogens with one attached hydrogen (secondary N) is 1. The van der Waals surface area contributed by atoms with Crippen molar-refractivity contribution in [3.63, 3.8) is 0 Å². The summed E-state index contributed by atoms with van der Waals surface area (Å²) >= 11 is 6.92. The lowest BCUT2D eigenvalue weighted by Gasteiger charge is -2.21. The zero-order chi connectivity index (χ0) is 27.7. The molecule has 1 aliphatic rings. The monoisotopic (exact) mass is 544 g/mol. The van der Waals surface area contributed by atoms with Crippen LogP contribution >= 0.6 is 18.5 Å². The van der Waals surface area contributed by atoms with Crippen LogP contribution in [0, 0.1) is 5.92 Å². The van der Waals surface area contributed by atoms with Crippen molar-refractivity contribution in [3.8, 4) is 0 Å². The Hall–Kier alpha value is -2.89. The van der Waals surface area contributed by atoms with Crippen molar-refractivity contribution < 1.29 is 14.6 Å². The standard InChI is InChI=1S/C28H38ClN4O3P/c1-9-11-12-18(3)23(17-33(7)28(35)10-2)32-27-16-30-22(15-31-27)26-13-19(4)20(5)25(36-8)14-24(34)21(6)37(26)29/h10,12-17,19,21,34H,2,9,11H2,1,3-8H3,(H,31,32)/b18-12-,23-17-,24-14+,25-20+,26-13-. The highest BCUT2D eigenvalue weighted by molar-refractivity contribution is 7.92. The fourth-order valence-corrected chi connectivity index (χ4v) is 5.69. The Labute approximate surface area is 226 Å². The molecule has 3 unspecified atom stereocenters. The normalized spacial score (nSPS) is 26.0. The first-order chi connectivity index (χ1) is 17.5. The van der Waals surface area contributed by atoms with Gasteiger partial charge in [0.1, 0.15) is 17.3 Å². The predicted molar refractivity (Wildman–Crippen MR) is 155 cm³/mol. The van der Waals surface area contributed by atoms with E-state index in [1.54, 1.807) is 38.8 Å². The topological polar surface area (TPSA) is 87.6 Å². The maximum Gasteiger partial charge on any atom is 0.249 e. The maximum absolute atomic E-state index is 12.0. The molecule has 2 N–H and O–H groups in total. The Morgan fingerprint density at radius 3 is 2.62 bits per heavy atom. The molecule has 0 radical (unpaired) electrons. The van der Waals surface area contributed by atoms with E-state index in [1.807, 2.05) is 20.8 Å². The number of hydrogen-bond donors (Lipinski definition) is 2. The maximum atomic E-state index is 12.0. The van der Waals surface area contributed by atoms with Crippen LogP contribution in [0.1, 0.15) is 53.2 Å². The Morgan fingerprint density at radius 1 is 1.35 bits per heavy atom. The average molecular weight is 545 g/mol. The Balaban J connectivity index is 2.44. The van der Waals surface area contributed by atoms with Gasteiger partial charge < -0.3 is 20.1 Å². The van der Waals surface area contributed by atoms with E-state index < -0.39 is 7.27 Å². The number of rotatable bonds is 9. The van der Waals surface area contributed by atoms with Crippen LogP contribution < -0.4 is 5.32 Å². The van der Waals surface area contributed by atoms with Crippen molar-refractivity contribution in [2.45, 2.75) is 53.1 Å². The summed E-state index contributed by atoms with van der Waals surface area (Å²) in [6.07, 6.45) is 14.1. The molecule has 1 aromatic rings. The summed E-state index contributed by atoms with van der Waals surface area (Å²) in [7, 11) is 1.98. The Morgan fingerprint density at radius 2 is 2.05 bits per heavy atom. The van der Waals surface area contributed by atoms with Gasteiger partial charge in [-0.3, -0.25) is 9.78 Å². The van der Waals surface area contributed by atoms with Gasteiger partial charge in [0.2, 0.25) is 5.91 Å². The van der Waals surface area contributed by atoms with Crippen LogP contribution in [0.2, 0.25) is 0 Å². The highest BCUT2D eigenvalue weighted by atomic mass is 35.7. The molecule has 2 heterocycles. The summed E-state index contributed by atoms with van der Waals surface area (Å²) in [6, 6.07) is 0. The molecule has 0 saturated heterocycles. The number of hydrogen-bond acceptors (Lipinski definition) is 6. The number of aliphatic hydroxyl groups excluding tert-OH is 1. The van der Waals surface area contributed by atoms with E-state index in [9.17, 15) is 9.90 Å². The second-order valence-corrected chi connectivity index (χ2v) is 11.9. The summed E-state index contributed by atoms with van der Waals surface area (Å²) < 4.78 is 5.51. The SMILES string of the molecule is C=CC(=O)N(C)/C=C(Nc1cnc(/C2=C/C(C)/C(C)=C(OC)\C=C(\O)C(C)P2Cl)cn1)/C(C)=C\CCC. The van der Waals surface area contributed by atoms with E-state index >= 15 is 0 Å². The van der Waals surface area contributed by atoms with E-state index in [-0.39, 0.29) is 23.2 Å². The van der Waals surface area contributed by atoms with Crippen molar-refractivity contribution in [1.29, 1.82) is 0 Å². The van der Waals surface area contributed by atoms with Crippen LogP contribution in [0.25, 0.3) is 5.31 Å². The smallest absolute Gasteiger partial charge is 0.249 e. The Kier molecular flexibility index (Phi) is 11.6. The van der Waals surface area contributed by atoms with Gasteiger partial charge in [-0.25, -0.2) is 4.98 Å². The third kappa shape index (κ3) is 8.05. The number of methoxy groups -OCH3 is 1. The van der Waals surface area contributed by atoms with Gasteiger partial charge in [0.15, 0.2) is 0 Å². The molecule has 3 atom stereocenters. The van der Waals surface area contributed by atoms with Crippen LogP contribution in [0.3, 0.4) is 0 Å². The lowest BCUT2D eigenvalue weighted by atomic mass is 10.00. The van der Waals surface area contributed by atoms with Crippen molar-refractivity contribution in [2.75, 3.05) is 19.5 Å². The van der Waals surface area contributed by atoms with Crippen molar-refractivity contribution in [1.82, 2.24) is 14.9 Å². The van der Waals surface area contributed by atoms with Crippen molar-refractivity contribution in [2.24, 2.45) is 5.92 Å². The minimum Gasteiger partial charge on any atom is -0.511 e. The number of anilines is 1. The predicted octanol–water partition coefficient (Wildman–Crippen LogP) is 7.50. The molecule has 2 rings (SSSR count). The van der Waals surface area contributed by atoms with E-state index in [4.69, 9.17) is 16.0 Å². The molecule has 0 spiro atoms. The van der Waals surface area contributed by atoms with Crippen molar-refractivity contribution >= 4 is 35.6 Å². The minimum absolute atomic E-state index is 0.0153. The molecule has 1 aromatic heterocycles. The van der Waals surface area contributed by atoms with Gasteiger partial charge in [-0.2, -0.15) is 0 Å². The van der Waals surface area contributed by atoms with Crippen molar-refractivity contribution in [3.05, 3.63) is 83.5 Å². The van der Waals surface area contributed by atoms with Gasteiger partial charge in [-0.05, 0) is 50.3 Å². The zero-order valence-electron chi connectivity index (χ0n) is 22.7. The van der Waals surface area contributed by atoms with Gasteiger partial charge >= 0.3 is 0 Å². The number of carbonyl (C=O) groups is 1. The highest BCUT2D eigenvalue weighted by Gasteiger charge is 2.27. The Bertz CT molecular complexity index is 1140. The van der Waals surface area contributed by atoms with Crippen LogP contribution in [-0.2, 0) is 9.53 Å². The first-order valence-corrected chi connectivity index (χ1v) is 14.5. The number of nitrogens with zero attached hydrogens (tertiary/aromatic N) is 3. The second-order valence-electron chi connectivity index (χ2n) is 8.93. The number of likely N-dealkylation sites (N-methyl/N-ethyl adjacent to an activating group) is 1. The second kappa shape index (κ2) is 14.2. The molecule has 37 heavy (non-hydrogen) atoms. The highest BCUT2D eigenvalue weighted by Crippen LogP contribution is 2.60. The summed E-state index contributed by atoms with van der Waals surface area (Å²) in [5.74, 6) is 1.13. The lowest BCUT2D eigenvalue weighted by molar-refractivity contribution is -0.122. The van der Waals surface area contributed by atoms with Gasteiger partial charge in [0, 0.05) is 31.9 Å². The van der Waals surface area contributed by atoms with E-state index in [0.29, 0.717) is 17.3 Å². The molecule has 1 amide bonds. The van der Waals surface area contributed by atoms with E-state index in [2.05, 4.69) is 47.9 Å². The van der Waals surface area contributed by atoms with Crippen LogP contribution in [0.5, 0.6) is 0 Å². The number of halogens is 1. The summed E-state index contributed by atoms with van der Waals surface area (Å²) in [5, 5.41) is 14.8. The van der Waals surface area contributed by atoms with Gasteiger partial charge in [0.05, 0.1) is 36.6 Å². The number of allylic oxidation sites excluding steroid dienone is 6. The molecule has 1 aliphatic heterocycles. The zero-order valence-corrected chi connectivity index (χ0v) is 24.4. The number of unbranched alkanes of at least 4 members (excludes halogenated alkanes) is 1. The van der Waals surface area contributed by atoms with Crippen LogP contribution in [0.4, 0.5) is 5.82 Å². The number of ether oxygens (including phenoxy) is 1. The average Bonchev–Trinajstić information content (AvgIpc) is 2.93. The lowest BCUT2D eigenvalue weighted by Crippen LogP contribution is -2.20. The molecule has 0 fully saturated rings.